The average molecular weight is 360 g/mol. The van der Waals surface area contributed by atoms with E-state index in [0.29, 0.717) is 11.0 Å². The van der Waals surface area contributed by atoms with Gasteiger partial charge >= 0.3 is 0 Å². The van der Waals surface area contributed by atoms with E-state index in [1.54, 1.807) is 0 Å². The van der Waals surface area contributed by atoms with Crippen LogP contribution in [-0.2, 0) is 12.8 Å². The van der Waals surface area contributed by atoms with Crippen molar-refractivity contribution >= 4 is 22.3 Å². The maximum atomic E-state index is 5.73. The van der Waals surface area contributed by atoms with Gasteiger partial charge in [0.2, 0.25) is 5.13 Å². The molecule has 1 aliphatic carbocycles. The zero-order valence-corrected chi connectivity index (χ0v) is 15.4. The summed E-state index contributed by atoms with van der Waals surface area (Å²) in [6.07, 6.45) is 6.91. The highest BCUT2D eigenvalue weighted by molar-refractivity contribution is 7.15. The first-order chi connectivity index (χ1) is 12.2. The number of nitrogens with zero attached hydrogens (tertiary/aromatic N) is 4. The van der Waals surface area contributed by atoms with Gasteiger partial charge in [-0.15, -0.1) is 10.2 Å². The van der Waals surface area contributed by atoms with E-state index >= 15 is 0 Å². The minimum atomic E-state index is 0.0291. The van der Waals surface area contributed by atoms with E-state index in [1.165, 1.54) is 48.3 Å². The summed E-state index contributed by atoms with van der Waals surface area (Å²) in [5.74, 6) is 2.50. The molecule has 0 aromatic carbocycles. The lowest BCUT2D eigenvalue weighted by molar-refractivity contribution is 0.655. The number of nitrogens with one attached hydrogen (secondary N) is 2. The molecule has 7 nitrogen and oxygen atoms in total. The van der Waals surface area contributed by atoms with Crippen LogP contribution in [0.1, 0.15) is 66.7 Å². The molecule has 25 heavy (non-hydrogen) atoms. The third kappa shape index (κ3) is 3.59. The fraction of sp³-hybridized carbons (Fsp3) is 0.647. The van der Waals surface area contributed by atoms with E-state index in [-0.39, 0.29) is 6.04 Å². The topological polar surface area (TPSA) is 102 Å². The molecule has 2 aromatic heterocycles. The van der Waals surface area contributed by atoms with Crippen molar-refractivity contribution in [2.45, 2.75) is 57.4 Å². The molecule has 1 unspecified atom stereocenters. The van der Waals surface area contributed by atoms with Gasteiger partial charge in [-0.25, -0.2) is 9.97 Å². The van der Waals surface area contributed by atoms with E-state index in [9.17, 15) is 0 Å². The second-order valence-electron chi connectivity index (χ2n) is 6.93. The van der Waals surface area contributed by atoms with Crippen LogP contribution in [-0.4, -0.2) is 33.3 Å². The van der Waals surface area contributed by atoms with Crippen molar-refractivity contribution in [3.8, 4) is 0 Å². The molecule has 4 N–H and O–H groups in total. The summed E-state index contributed by atoms with van der Waals surface area (Å²) in [6, 6.07) is 0.0291. The Morgan fingerprint density at radius 2 is 1.96 bits per heavy atom. The lowest BCUT2D eigenvalue weighted by atomic mass is 10.0. The Kier molecular flexibility index (Phi) is 4.80. The lowest BCUT2D eigenvalue weighted by Crippen LogP contribution is -2.16. The van der Waals surface area contributed by atoms with Crippen LogP contribution < -0.4 is 16.4 Å². The first-order valence-electron chi connectivity index (χ1n) is 9.16. The van der Waals surface area contributed by atoms with E-state index in [2.05, 4.69) is 27.8 Å². The Hall–Kier alpha value is -1.80. The molecule has 0 radical (unpaired) electrons. The SMILES string of the molecule is CC(Nc1nc(C2CCCC2)nc2c1CCNCC2)c1nnc(N)s1. The predicted molar refractivity (Wildman–Crippen MR) is 99.9 cm³/mol. The zero-order valence-electron chi connectivity index (χ0n) is 14.6. The maximum absolute atomic E-state index is 5.73. The molecular weight excluding hydrogens is 334 g/mol. The lowest BCUT2D eigenvalue weighted by Gasteiger charge is -2.19. The Labute approximate surface area is 151 Å². The van der Waals surface area contributed by atoms with E-state index in [1.807, 2.05) is 0 Å². The van der Waals surface area contributed by atoms with Crippen molar-refractivity contribution in [2.24, 2.45) is 0 Å². The molecule has 1 aliphatic heterocycles. The quantitative estimate of drug-likeness (QED) is 0.770. The van der Waals surface area contributed by atoms with E-state index < -0.39 is 0 Å². The Balaban J connectivity index is 1.67. The normalized spacial score (nSPS) is 19.4. The monoisotopic (exact) mass is 359 g/mol. The Morgan fingerprint density at radius 1 is 1.16 bits per heavy atom. The Bertz CT molecular complexity index is 739. The molecule has 0 bridgehead atoms. The van der Waals surface area contributed by atoms with Crippen LogP contribution in [0.15, 0.2) is 0 Å². The van der Waals surface area contributed by atoms with Crippen molar-refractivity contribution in [1.82, 2.24) is 25.5 Å². The molecule has 134 valence electrons. The molecule has 0 spiro atoms. The summed E-state index contributed by atoms with van der Waals surface area (Å²) in [5.41, 5.74) is 8.18. The highest BCUT2D eigenvalue weighted by atomic mass is 32.1. The van der Waals surface area contributed by atoms with Crippen LogP contribution in [0.4, 0.5) is 10.9 Å². The van der Waals surface area contributed by atoms with Gasteiger partial charge in [-0.3, -0.25) is 0 Å². The van der Waals surface area contributed by atoms with Gasteiger partial charge in [-0.2, -0.15) is 0 Å². The van der Waals surface area contributed by atoms with Gasteiger partial charge in [0.05, 0.1) is 11.7 Å². The summed E-state index contributed by atoms with van der Waals surface area (Å²) >= 11 is 1.42. The predicted octanol–water partition coefficient (Wildman–Crippen LogP) is 2.43. The van der Waals surface area contributed by atoms with Crippen LogP contribution >= 0.6 is 11.3 Å². The van der Waals surface area contributed by atoms with Crippen molar-refractivity contribution in [1.29, 1.82) is 0 Å². The first kappa shape index (κ1) is 16.7. The number of aromatic nitrogens is 4. The van der Waals surface area contributed by atoms with E-state index in [0.717, 1.165) is 42.6 Å². The molecule has 0 amide bonds. The molecule has 3 heterocycles. The van der Waals surface area contributed by atoms with Gasteiger partial charge in [-0.1, -0.05) is 24.2 Å². The molecule has 1 saturated carbocycles. The maximum Gasteiger partial charge on any atom is 0.203 e. The molecule has 4 rings (SSSR count). The van der Waals surface area contributed by atoms with Crippen molar-refractivity contribution in [3.63, 3.8) is 0 Å². The van der Waals surface area contributed by atoms with Crippen LogP contribution in [0.25, 0.3) is 0 Å². The smallest absolute Gasteiger partial charge is 0.203 e. The zero-order chi connectivity index (χ0) is 17.2. The first-order valence-corrected chi connectivity index (χ1v) is 9.98. The van der Waals surface area contributed by atoms with Gasteiger partial charge < -0.3 is 16.4 Å². The molecule has 2 aromatic rings. The van der Waals surface area contributed by atoms with Crippen LogP contribution in [0.5, 0.6) is 0 Å². The second kappa shape index (κ2) is 7.21. The number of nitrogen functional groups attached to an aromatic ring is 1. The van der Waals surface area contributed by atoms with Gasteiger partial charge in [0.1, 0.15) is 16.6 Å². The minimum absolute atomic E-state index is 0.0291. The molecule has 0 saturated heterocycles. The minimum Gasteiger partial charge on any atom is -0.374 e. The number of hydrogen-bond acceptors (Lipinski definition) is 8. The largest absolute Gasteiger partial charge is 0.374 e. The molecule has 2 aliphatic rings. The molecule has 8 heteroatoms. The van der Waals surface area contributed by atoms with Gasteiger partial charge in [-0.05, 0) is 32.7 Å². The van der Waals surface area contributed by atoms with Gasteiger partial charge in [0.25, 0.3) is 0 Å². The standard InChI is InChI=1S/C17H25N7S/c1-10(16-23-24-17(18)25-16)20-15-12-6-8-19-9-7-13(12)21-14(22-15)11-4-2-3-5-11/h10-11,19H,2-9H2,1H3,(H2,18,24)(H,20,21,22). The third-order valence-corrected chi connectivity index (χ3v) is 6.04. The van der Waals surface area contributed by atoms with Crippen molar-refractivity contribution < 1.29 is 0 Å². The number of nitrogens with two attached hydrogens (primary N) is 1. The van der Waals surface area contributed by atoms with Gasteiger partial charge in [0, 0.05) is 24.4 Å². The molecule has 1 fully saturated rings. The Morgan fingerprint density at radius 3 is 2.72 bits per heavy atom. The van der Waals surface area contributed by atoms with Crippen molar-refractivity contribution in [2.75, 3.05) is 24.1 Å². The number of hydrogen-bond donors (Lipinski definition) is 3. The summed E-state index contributed by atoms with van der Waals surface area (Å²) in [5, 5.41) is 16.5. The van der Waals surface area contributed by atoms with Gasteiger partial charge in [0.15, 0.2) is 0 Å². The fourth-order valence-electron chi connectivity index (χ4n) is 3.74. The second-order valence-corrected chi connectivity index (χ2v) is 7.97. The number of rotatable bonds is 4. The third-order valence-electron chi connectivity index (χ3n) is 5.10. The van der Waals surface area contributed by atoms with Crippen molar-refractivity contribution in [3.05, 3.63) is 22.1 Å². The summed E-state index contributed by atoms with van der Waals surface area (Å²) in [6.45, 7) is 4.03. The summed E-state index contributed by atoms with van der Waals surface area (Å²) in [7, 11) is 0. The molecule has 1 atom stereocenters. The summed E-state index contributed by atoms with van der Waals surface area (Å²) < 4.78 is 0. The molecular formula is C17H25N7S. The highest BCUT2D eigenvalue weighted by Crippen LogP contribution is 2.34. The van der Waals surface area contributed by atoms with Crippen LogP contribution in [0, 0.1) is 0 Å². The highest BCUT2D eigenvalue weighted by Gasteiger charge is 2.25. The van der Waals surface area contributed by atoms with Crippen LogP contribution in [0.2, 0.25) is 0 Å². The van der Waals surface area contributed by atoms with Crippen LogP contribution in [0.3, 0.4) is 0 Å². The van der Waals surface area contributed by atoms with E-state index in [4.69, 9.17) is 15.7 Å². The number of anilines is 2. The fourth-order valence-corrected chi connectivity index (χ4v) is 4.35. The summed E-state index contributed by atoms with van der Waals surface area (Å²) in [4.78, 5) is 9.92. The number of fused-ring (bicyclic) bond motifs is 1. The average Bonchev–Trinajstić information content (AvgIpc) is 3.22.